The Kier molecular flexibility index (Phi) is 6.14. The molecule has 0 radical (unpaired) electrons. The van der Waals surface area contributed by atoms with Crippen molar-refractivity contribution < 1.29 is 9.53 Å². The average molecular weight is 384 g/mol. The van der Waals surface area contributed by atoms with E-state index in [1.54, 1.807) is 6.92 Å². The van der Waals surface area contributed by atoms with Crippen molar-refractivity contribution in [3.05, 3.63) is 51.9 Å². The Balaban J connectivity index is 2.03. The molecule has 0 saturated carbocycles. The van der Waals surface area contributed by atoms with Crippen LogP contribution >= 0.6 is 0 Å². The number of likely N-dealkylation sites (tertiary alicyclic amines) is 1. The lowest BCUT2D eigenvalue weighted by atomic mass is 10.0. The molecule has 0 N–H and O–H groups in total. The zero-order chi connectivity index (χ0) is 20.3. The second-order valence-corrected chi connectivity index (χ2v) is 7.33. The molecular weight excluding hydrogens is 356 g/mol. The number of carbonyl (C=O) groups is 1. The third-order valence-electron chi connectivity index (χ3n) is 5.27. The molecule has 0 spiro atoms. The van der Waals surface area contributed by atoms with Crippen LogP contribution in [-0.2, 0) is 4.74 Å². The van der Waals surface area contributed by atoms with Crippen LogP contribution < -0.4 is 10.5 Å². The predicted octanol–water partition coefficient (Wildman–Crippen LogP) is 2.25. The molecule has 0 aliphatic carbocycles. The second-order valence-electron chi connectivity index (χ2n) is 7.33. The summed E-state index contributed by atoms with van der Waals surface area (Å²) in [5.74, 6) is -0.516. The standard InChI is InChI=1S/C21H28N4O3/c1-5-28-21(27)20-18(24(4)16-10-12-23(3)13-11-16)14-19(26)25(22-20)17-8-6-15(2)7-9-17/h6-9,14,16H,5,10-13H2,1-4H3. The summed E-state index contributed by atoms with van der Waals surface area (Å²) in [6, 6.07) is 9.20. The monoisotopic (exact) mass is 384 g/mol. The summed E-state index contributed by atoms with van der Waals surface area (Å²) in [4.78, 5) is 29.7. The average Bonchev–Trinajstić information content (AvgIpc) is 2.69. The lowest BCUT2D eigenvalue weighted by Crippen LogP contribution is -2.43. The van der Waals surface area contributed by atoms with E-state index < -0.39 is 5.97 Å². The molecule has 2 heterocycles. The first kappa shape index (κ1) is 20.1. The van der Waals surface area contributed by atoms with Gasteiger partial charge < -0.3 is 14.5 Å². The Morgan fingerprint density at radius 3 is 2.50 bits per heavy atom. The fourth-order valence-corrected chi connectivity index (χ4v) is 3.51. The van der Waals surface area contributed by atoms with Gasteiger partial charge in [-0.1, -0.05) is 17.7 Å². The van der Waals surface area contributed by atoms with Gasteiger partial charge in [-0.3, -0.25) is 4.79 Å². The minimum atomic E-state index is -0.516. The Hall–Kier alpha value is -2.67. The number of anilines is 1. The molecule has 2 aromatic rings. The molecule has 1 aliphatic rings. The zero-order valence-corrected chi connectivity index (χ0v) is 17.0. The van der Waals surface area contributed by atoms with Crippen LogP contribution in [0.15, 0.2) is 35.1 Å². The van der Waals surface area contributed by atoms with Crippen molar-refractivity contribution in [2.75, 3.05) is 38.7 Å². The number of hydrogen-bond acceptors (Lipinski definition) is 6. The highest BCUT2D eigenvalue weighted by molar-refractivity contribution is 5.93. The second kappa shape index (κ2) is 8.56. The Morgan fingerprint density at radius 1 is 1.25 bits per heavy atom. The van der Waals surface area contributed by atoms with Crippen LogP contribution in [0, 0.1) is 6.92 Å². The van der Waals surface area contributed by atoms with Gasteiger partial charge in [-0.15, -0.1) is 0 Å². The topological polar surface area (TPSA) is 67.7 Å². The predicted molar refractivity (Wildman–Crippen MR) is 109 cm³/mol. The lowest BCUT2D eigenvalue weighted by Gasteiger charge is -2.36. The molecule has 1 fully saturated rings. The lowest BCUT2D eigenvalue weighted by molar-refractivity contribution is 0.0517. The van der Waals surface area contributed by atoms with Crippen molar-refractivity contribution in [1.82, 2.24) is 14.7 Å². The minimum Gasteiger partial charge on any atom is -0.461 e. The molecule has 150 valence electrons. The van der Waals surface area contributed by atoms with Crippen molar-refractivity contribution in [2.24, 2.45) is 0 Å². The van der Waals surface area contributed by atoms with E-state index in [0.717, 1.165) is 31.5 Å². The van der Waals surface area contributed by atoms with E-state index in [0.29, 0.717) is 11.4 Å². The van der Waals surface area contributed by atoms with Gasteiger partial charge in [0.1, 0.15) is 0 Å². The summed E-state index contributed by atoms with van der Waals surface area (Å²) < 4.78 is 6.48. The van der Waals surface area contributed by atoms with Crippen LogP contribution in [-0.4, -0.2) is 60.5 Å². The van der Waals surface area contributed by atoms with Crippen molar-refractivity contribution in [1.29, 1.82) is 0 Å². The van der Waals surface area contributed by atoms with E-state index in [4.69, 9.17) is 4.74 Å². The SMILES string of the molecule is CCOC(=O)c1nn(-c2ccc(C)cc2)c(=O)cc1N(C)C1CCN(C)CC1. The number of rotatable bonds is 5. The van der Waals surface area contributed by atoms with E-state index in [2.05, 4.69) is 17.0 Å². The van der Waals surface area contributed by atoms with Crippen molar-refractivity contribution >= 4 is 11.7 Å². The van der Waals surface area contributed by atoms with E-state index in [1.165, 1.54) is 10.7 Å². The van der Waals surface area contributed by atoms with Crippen LogP contribution in [0.4, 0.5) is 5.69 Å². The third-order valence-corrected chi connectivity index (χ3v) is 5.27. The fourth-order valence-electron chi connectivity index (χ4n) is 3.51. The molecule has 1 aromatic carbocycles. The number of aryl methyl sites for hydroxylation is 1. The number of hydrogen-bond donors (Lipinski definition) is 0. The molecule has 1 aromatic heterocycles. The first-order valence-electron chi connectivity index (χ1n) is 9.70. The molecule has 7 heteroatoms. The van der Waals surface area contributed by atoms with Gasteiger partial charge in [0.05, 0.1) is 18.0 Å². The van der Waals surface area contributed by atoms with E-state index in [-0.39, 0.29) is 23.9 Å². The van der Waals surface area contributed by atoms with Gasteiger partial charge in [0.15, 0.2) is 5.69 Å². The zero-order valence-electron chi connectivity index (χ0n) is 17.0. The van der Waals surface area contributed by atoms with Crippen LogP contribution in [0.25, 0.3) is 5.69 Å². The Labute approximate surface area is 165 Å². The quantitative estimate of drug-likeness (QED) is 0.737. The van der Waals surface area contributed by atoms with Gasteiger partial charge in [0.25, 0.3) is 5.56 Å². The molecule has 1 saturated heterocycles. The van der Waals surface area contributed by atoms with Gasteiger partial charge in [-0.25, -0.2) is 4.79 Å². The highest BCUT2D eigenvalue weighted by atomic mass is 16.5. The van der Waals surface area contributed by atoms with E-state index >= 15 is 0 Å². The van der Waals surface area contributed by atoms with Gasteiger partial charge in [0.2, 0.25) is 0 Å². The molecule has 7 nitrogen and oxygen atoms in total. The summed E-state index contributed by atoms with van der Waals surface area (Å²) in [6.07, 6.45) is 1.94. The Bertz CT molecular complexity index is 884. The Morgan fingerprint density at radius 2 is 1.89 bits per heavy atom. The number of piperidine rings is 1. The number of carbonyl (C=O) groups excluding carboxylic acids is 1. The normalized spacial score (nSPS) is 15.4. The first-order valence-corrected chi connectivity index (χ1v) is 9.70. The van der Waals surface area contributed by atoms with Gasteiger partial charge in [-0.2, -0.15) is 9.78 Å². The number of ether oxygens (including phenoxy) is 1. The largest absolute Gasteiger partial charge is 0.461 e. The maximum atomic E-state index is 12.8. The highest BCUT2D eigenvalue weighted by Gasteiger charge is 2.27. The van der Waals surface area contributed by atoms with Crippen LogP contribution in [0.1, 0.15) is 35.8 Å². The number of benzene rings is 1. The molecule has 0 unspecified atom stereocenters. The molecule has 1 aliphatic heterocycles. The van der Waals surface area contributed by atoms with Gasteiger partial charge >= 0.3 is 5.97 Å². The minimum absolute atomic E-state index is 0.170. The van der Waals surface area contributed by atoms with Gasteiger partial charge in [-0.05, 0) is 59.0 Å². The molecule has 0 amide bonds. The summed E-state index contributed by atoms with van der Waals surface area (Å²) in [7, 11) is 4.02. The van der Waals surface area contributed by atoms with Crippen LogP contribution in [0.3, 0.4) is 0 Å². The summed E-state index contributed by atoms with van der Waals surface area (Å²) >= 11 is 0. The van der Waals surface area contributed by atoms with Crippen LogP contribution in [0.2, 0.25) is 0 Å². The van der Waals surface area contributed by atoms with Crippen molar-refractivity contribution in [2.45, 2.75) is 32.7 Å². The van der Waals surface area contributed by atoms with Crippen molar-refractivity contribution in [3.63, 3.8) is 0 Å². The number of esters is 1. The molecule has 0 atom stereocenters. The third kappa shape index (κ3) is 4.25. The molecule has 28 heavy (non-hydrogen) atoms. The van der Waals surface area contributed by atoms with E-state index in [1.807, 2.05) is 43.1 Å². The summed E-state index contributed by atoms with van der Waals surface area (Å²) in [5.41, 5.74) is 2.13. The fraction of sp³-hybridized carbons (Fsp3) is 0.476. The molecular formula is C21H28N4O3. The highest BCUT2D eigenvalue weighted by Crippen LogP contribution is 2.24. The van der Waals surface area contributed by atoms with E-state index in [9.17, 15) is 9.59 Å². The summed E-state index contributed by atoms with van der Waals surface area (Å²) in [5, 5.41) is 4.40. The maximum absolute atomic E-state index is 12.8. The van der Waals surface area contributed by atoms with Gasteiger partial charge in [0, 0.05) is 19.2 Å². The maximum Gasteiger partial charge on any atom is 0.360 e. The molecule has 0 bridgehead atoms. The first-order chi connectivity index (χ1) is 13.4. The van der Waals surface area contributed by atoms with Crippen LogP contribution in [0.5, 0.6) is 0 Å². The smallest absolute Gasteiger partial charge is 0.360 e. The summed E-state index contributed by atoms with van der Waals surface area (Å²) in [6.45, 7) is 5.95. The number of nitrogens with zero attached hydrogens (tertiary/aromatic N) is 4. The molecule has 3 rings (SSSR count). The van der Waals surface area contributed by atoms with Crippen molar-refractivity contribution in [3.8, 4) is 5.69 Å². The number of aromatic nitrogens is 2.